The fraction of sp³-hybridized carbons (Fsp3) is 0.556. The number of rotatable bonds is 6. The van der Waals surface area contributed by atoms with Crippen molar-refractivity contribution in [2.75, 3.05) is 25.6 Å². The number of ether oxygens (including phenoxy) is 1. The molecule has 224 valence electrons. The number of hydrogen-bond donors (Lipinski definition) is 5. The Morgan fingerprint density at radius 3 is 2.32 bits per heavy atom. The Bertz CT molecular complexity index is 1400. The second-order valence-electron chi connectivity index (χ2n) is 10.8. The van der Waals surface area contributed by atoms with Gasteiger partial charge in [-0.1, -0.05) is 5.21 Å². The molecule has 2 fully saturated rings. The molecule has 0 aliphatic carbocycles. The zero-order valence-corrected chi connectivity index (χ0v) is 23.8. The molecule has 3 aromatic rings. The van der Waals surface area contributed by atoms with Crippen LogP contribution in [0.1, 0.15) is 46.9 Å². The Labute approximate surface area is 237 Å². The van der Waals surface area contributed by atoms with E-state index in [1.54, 1.807) is 0 Å². The van der Waals surface area contributed by atoms with Crippen LogP contribution in [-0.4, -0.2) is 94.0 Å². The largest absolute Gasteiger partial charge is 0.395 e. The van der Waals surface area contributed by atoms with Gasteiger partial charge in [0.15, 0.2) is 17.5 Å². The van der Waals surface area contributed by atoms with Gasteiger partial charge in [-0.25, -0.2) is 28.7 Å². The first-order valence-corrected chi connectivity index (χ1v) is 15.0. The van der Waals surface area contributed by atoms with Gasteiger partial charge in [-0.15, -0.1) is 5.10 Å². The fourth-order valence-corrected chi connectivity index (χ4v) is 9.65. The van der Waals surface area contributed by atoms with Gasteiger partial charge in [0.25, 0.3) is 0 Å². The normalized spacial score (nSPS) is 28.0. The summed E-state index contributed by atoms with van der Waals surface area (Å²) in [7, 11) is -1.49. The van der Waals surface area contributed by atoms with Crippen molar-refractivity contribution in [3.05, 3.63) is 58.6 Å². The van der Waals surface area contributed by atoms with Crippen molar-refractivity contribution >= 4 is 10.9 Å². The van der Waals surface area contributed by atoms with Crippen LogP contribution in [0.2, 0.25) is 0 Å². The first-order valence-electron chi connectivity index (χ1n) is 13.4. The summed E-state index contributed by atoms with van der Waals surface area (Å²) in [6, 6.07) is 0.504. The average molecular weight is 598 g/mol. The number of thiol groups is 1. The third-order valence-electron chi connectivity index (χ3n) is 8.22. The standard InChI is InChI=1S/C27H34F3N5O5S/c1-13-14(2)32-23(15(3)31-13)26(27(39)4-6-40-7-5-27)41-12-20(37)24(25(38)21(41)11-36)35-10-19(33-34-35)16-8-17(28)22(30)18(29)9-16/h8-10,20-21,24-26,36-39,41H,4-7,11-12H2,1-3H3/t20-,21+,24-,25-,26-/m0/s1. The lowest BCUT2D eigenvalue weighted by molar-refractivity contribution is -0.0665. The predicted octanol–water partition coefficient (Wildman–Crippen LogP) is 2.00. The molecular formula is C27H34F3N5O5S. The molecule has 0 saturated carbocycles. The number of benzene rings is 1. The highest BCUT2D eigenvalue weighted by atomic mass is 32.2. The molecular weight excluding hydrogens is 563 g/mol. The molecule has 10 nitrogen and oxygen atoms in total. The van der Waals surface area contributed by atoms with E-state index in [1.807, 2.05) is 20.8 Å². The van der Waals surface area contributed by atoms with Gasteiger partial charge in [0.05, 0.1) is 58.6 Å². The van der Waals surface area contributed by atoms with E-state index in [0.717, 1.165) is 17.8 Å². The molecule has 1 aromatic carbocycles. The van der Waals surface area contributed by atoms with Crippen molar-refractivity contribution in [2.24, 2.45) is 0 Å². The summed E-state index contributed by atoms with van der Waals surface area (Å²) in [5.41, 5.74) is 1.32. The van der Waals surface area contributed by atoms with E-state index in [1.165, 1.54) is 10.9 Å². The maximum absolute atomic E-state index is 13.8. The summed E-state index contributed by atoms with van der Waals surface area (Å²) in [4.78, 5) is 9.45. The second-order valence-corrected chi connectivity index (χ2v) is 13.4. The molecule has 5 rings (SSSR count). The SMILES string of the molecule is Cc1nc(C)c([C@H]([SH]2C[C@H](O)[C@H](n3cc(-c4cc(F)c(F)c(F)c4)nn3)[C@@H](O)[C@H]2CO)C2(O)CCOCC2)nc1C. The van der Waals surface area contributed by atoms with Crippen LogP contribution < -0.4 is 0 Å². The summed E-state index contributed by atoms with van der Waals surface area (Å²) in [5.74, 6) is -4.26. The second kappa shape index (κ2) is 11.6. The van der Waals surface area contributed by atoms with Gasteiger partial charge in [-0.2, -0.15) is 0 Å². The Hall–Kier alpha value is -2.62. The third-order valence-corrected chi connectivity index (χ3v) is 11.7. The van der Waals surface area contributed by atoms with Gasteiger partial charge in [0, 0.05) is 42.6 Å². The van der Waals surface area contributed by atoms with Crippen molar-refractivity contribution in [3.63, 3.8) is 0 Å². The maximum Gasteiger partial charge on any atom is 0.194 e. The Morgan fingerprint density at radius 2 is 1.68 bits per heavy atom. The van der Waals surface area contributed by atoms with E-state index in [0.29, 0.717) is 43.1 Å². The Balaban J connectivity index is 1.52. The van der Waals surface area contributed by atoms with Gasteiger partial charge in [0.1, 0.15) is 11.7 Å². The lowest BCUT2D eigenvalue weighted by Crippen LogP contribution is -2.53. The minimum Gasteiger partial charge on any atom is -0.395 e. The smallest absolute Gasteiger partial charge is 0.194 e. The number of halogens is 3. The highest BCUT2D eigenvalue weighted by molar-refractivity contribution is 8.18. The molecule has 0 bridgehead atoms. The molecule has 2 aliphatic heterocycles. The monoisotopic (exact) mass is 597 g/mol. The van der Waals surface area contributed by atoms with E-state index >= 15 is 0 Å². The fourth-order valence-electron chi connectivity index (χ4n) is 5.92. The zero-order valence-electron chi connectivity index (χ0n) is 22.9. The predicted molar refractivity (Wildman–Crippen MR) is 145 cm³/mol. The summed E-state index contributed by atoms with van der Waals surface area (Å²) in [5, 5.41) is 52.0. The van der Waals surface area contributed by atoms with E-state index in [2.05, 4.69) is 15.3 Å². The number of nitrogens with zero attached hydrogens (tertiary/aromatic N) is 5. The topological polar surface area (TPSA) is 147 Å². The lowest BCUT2D eigenvalue weighted by Gasteiger charge is -2.52. The van der Waals surface area contributed by atoms with Crippen LogP contribution >= 0.6 is 10.9 Å². The molecule has 0 radical (unpaired) electrons. The van der Waals surface area contributed by atoms with Crippen LogP contribution in [0.15, 0.2) is 18.3 Å². The van der Waals surface area contributed by atoms with Gasteiger partial charge < -0.3 is 25.2 Å². The van der Waals surface area contributed by atoms with Crippen LogP contribution in [0.3, 0.4) is 0 Å². The maximum atomic E-state index is 13.8. The highest BCUT2D eigenvalue weighted by Crippen LogP contribution is 2.59. The first kappa shape index (κ1) is 29.9. The zero-order chi connectivity index (χ0) is 29.6. The van der Waals surface area contributed by atoms with Gasteiger partial charge in [-0.05, 0) is 32.9 Å². The van der Waals surface area contributed by atoms with Gasteiger partial charge >= 0.3 is 0 Å². The van der Waals surface area contributed by atoms with Crippen molar-refractivity contribution in [1.82, 2.24) is 25.0 Å². The summed E-state index contributed by atoms with van der Waals surface area (Å²) >= 11 is 0. The number of aliphatic hydroxyl groups excluding tert-OH is 3. The van der Waals surface area contributed by atoms with Gasteiger partial charge in [-0.3, -0.25) is 9.97 Å². The number of aromatic nitrogens is 5. The van der Waals surface area contributed by atoms with Crippen LogP contribution in [-0.2, 0) is 4.74 Å². The molecule has 2 aromatic heterocycles. The number of aliphatic hydroxyl groups is 4. The van der Waals surface area contributed by atoms with Crippen LogP contribution in [0.5, 0.6) is 0 Å². The van der Waals surface area contributed by atoms with E-state index in [-0.39, 0.29) is 17.0 Å². The summed E-state index contributed by atoms with van der Waals surface area (Å²) in [6.07, 6.45) is -0.573. The minimum atomic E-state index is -1.61. The highest BCUT2D eigenvalue weighted by Gasteiger charge is 2.52. The number of hydrogen-bond acceptors (Lipinski definition) is 9. The molecule has 14 heteroatoms. The van der Waals surface area contributed by atoms with Crippen molar-refractivity contribution in [2.45, 2.75) is 68.0 Å². The Kier molecular flexibility index (Phi) is 8.43. The van der Waals surface area contributed by atoms with Gasteiger partial charge in [0.2, 0.25) is 0 Å². The van der Waals surface area contributed by atoms with Crippen LogP contribution in [0.25, 0.3) is 11.3 Å². The van der Waals surface area contributed by atoms with E-state index in [9.17, 15) is 33.6 Å². The van der Waals surface area contributed by atoms with E-state index in [4.69, 9.17) is 9.72 Å². The molecule has 4 N–H and O–H groups in total. The molecule has 4 heterocycles. The minimum absolute atomic E-state index is 0.00556. The summed E-state index contributed by atoms with van der Waals surface area (Å²) < 4.78 is 47.8. The molecule has 2 saturated heterocycles. The van der Waals surface area contributed by atoms with Crippen LogP contribution in [0.4, 0.5) is 13.2 Å². The molecule has 2 aliphatic rings. The molecule has 6 atom stereocenters. The lowest BCUT2D eigenvalue weighted by atomic mass is 9.88. The van der Waals surface area contributed by atoms with Crippen molar-refractivity contribution < 1.29 is 38.3 Å². The molecule has 0 amide bonds. The molecule has 0 spiro atoms. The quantitative estimate of drug-likeness (QED) is 0.213. The Morgan fingerprint density at radius 1 is 1.05 bits per heavy atom. The van der Waals surface area contributed by atoms with Crippen LogP contribution in [0, 0.1) is 38.2 Å². The first-order chi connectivity index (χ1) is 19.4. The van der Waals surface area contributed by atoms with Crippen molar-refractivity contribution in [3.8, 4) is 11.3 Å². The third kappa shape index (κ3) is 5.48. The summed E-state index contributed by atoms with van der Waals surface area (Å²) in [6.45, 7) is 5.71. The van der Waals surface area contributed by atoms with E-state index < -0.39 is 69.3 Å². The molecule has 1 unspecified atom stereocenters. The average Bonchev–Trinajstić information content (AvgIpc) is 3.40. The molecule has 41 heavy (non-hydrogen) atoms. The van der Waals surface area contributed by atoms with Crippen molar-refractivity contribution in [1.29, 1.82) is 0 Å². The number of aryl methyl sites for hydroxylation is 3.